The largest absolute Gasteiger partial charge is 0.408 e. The van der Waals surface area contributed by atoms with Crippen molar-refractivity contribution in [1.29, 1.82) is 0 Å². The summed E-state index contributed by atoms with van der Waals surface area (Å²) in [5.41, 5.74) is 1.52. The number of rotatable bonds is 6. The first kappa shape index (κ1) is 21.2. The first-order valence-corrected chi connectivity index (χ1v) is 12.9. The molecule has 0 unspecified atom stereocenters. The van der Waals surface area contributed by atoms with Gasteiger partial charge in [0.2, 0.25) is 0 Å². The molecule has 1 aromatic heterocycles. The number of nitrogens with one attached hydrogen (secondary N) is 1. The summed E-state index contributed by atoms with van der Waals surface area (Å²) in [5, 5.41) is 5.00. The summed E-state index contributed by atoms with van der Waals surface area (Å²) in [6, 6.07) is 19.8. The maximum atomic E-state index is 12.9. The van der Waals surface area contributed by atoms with Crippen molar-refractivity contribution in [3.05, 3.63) is 78.1 Å². The van der Waals surface area contributed by atoms with Gasteiger partial charge < -0.3 is 9.74 Å². The fourth-order valence-electron chi connectivity index (χ4n) is 3.00. The van der Waals surface area contributed by atoms with Crippen molar-refractivity contribution in [2.45, 2.75) is 45.0 Å². The van der Waals surface area contributed by atoms with Crippen LogP contribution >= 0.6 is 0 Å². The van der Waals surface area contributed by atoms with E-state index in [-0.39, 0.29) is 17.0 Å². The minimum absolute atomic E-state index is 0.0846. The molecule has 29 heavy (non-hydrogen) atoms. The maximum Gasteiger partial charge on any atom is 0.270 e. The lowest BCUT2D eigenvalue weighted by Crippen LogP contribution is -2.44. The lowest BCUT2D eigenvalue weighted by molar-refractivity contribution is 0.0918. The molecule has 0 bridgehead atoms. The van der Waals surface area contributed by atoms with Crippen LogP contribution in [-0.4, -0.2) is 25.8 Å². The zero-order chi connectivity index (χ0) is 21.1. The Labute approximate surface area is 174 Å². The van der Waals surface area contributed by atoms with Gasteiger partial charge in [0.25, 0.3) is 5.91 Å². The number of pyridine rings is 1. The zero-order valence-electron chi connectivity index (χ0n) is 17.9. The Balaban J connectivity index is 1.82. The fraction of sp³-hybridized carbons (Fsp3) is 0.333. The number of benzene rings is 2. The number of hydrogen-bond donors (Lipinski definition) is 1. The third-order valence-electron chi connectivity index (χ3n) is 5.75. The number of nitrogens with zero attached hydrogens (tertiary/aromatic N) is 1. The highest BCUT2D eigenvalue weighted by atomic mass is 28.4. The molecule has 2 aromatic carbocycles. The van der Waals surface area contributed by atoms with Crippen LogP contribution in [0.25, 0.3) is 10.8 Å². The predicted octanol–water partition coefficient (Wildman–Crippen LogP) is 5.73. The second-order valence-corrected chi connectivity index (χ2v) is 13.6. The fourth-order valence-corrected chi connectivity index (χ4v) is 4.28. The maximum absolute atomic E-state index is 12.9. The average Bonchev–Trinajstić information content (AvgIpc) is 2.70. The molecular weight excluding hydrogens is 376 g/mol. The smallest absolute Gasteiger partial charge is 0.270 e. The molecule has 1 heterocycles. The van der Waals surface area contributed by atoms with Crippen LogP contribution in [0, 0.1) is 0 Å². The van der Waals surface area contributed by atoms with E-state index in [2.05, 4.69) is 56.3 Å². The van der Waals surface area contributed by atoms with Crippen LogP contribution in [0.5, 0.6) is 0 Å². The second-order valence-electron chi connectivity index (χ2n) is 8.87. The molecule has 5 heteroatoms. The Morgan fingerprint density at radius 3 is 2.38 bits per heavy atom. The quantitative estimate of drug-likeness (QED) is 0.532. The van der Waals surface area contributed by atoms with Crippen LogP contribution in [0.15, 0.2) is 66.9 Å². The van der Waals surface area contributed by atoms with Gasteiger partial charge in [0.1, 0.15) is 5.69 Å². The molecule has 0 fully saturated rings. The van der Waals surface area contributed by atoms with Crippen molar-refractivity contribution in [3.63, 3.8) is 0 Å². The molecular formula is C24H30N2O2Si. The number of carbonyl (C=O) groups excluding carboxylic acids is 1. The number of amides is 1. The lowest BCUT2D eigenvalue weighted by Gasteiger charge is -2.39. The molecule has 1 N–H and O–H groups in total. The van der Waals surface area contributed by atoms with Crippen molar-refractivity contribution in [3.8, 4) is 0 Å². The summed E-state index contributed by atoms with van der Waals surface area (Å²) in [4.78, 5) is 17.3. The highest BCUT2D eigenvalue weighted by molar-refractivity contribution is 6.74. The van der Waals surface area contributed by atoms with E-state index in [1.807, 2.05) is 48.5 Å². The first-order valence-electron chi connectivity index (χ1n) is 10.0. The van der Waals surface area contributed by atoms with E-state index in [9.17, 15) is 4.79 Å². The van der Waals surface area contributed by atoms with Gasteiger partial charge in [-0.3, -0.25) is 9.78 Å². The van der Waals surface area contributed by atoms with Gasteiger partial charge in [0.05, 0.1) is 6.10 Å². The molecule has 0 aliphatic carbocycles. The first-order chi connectivity index (χ1) is 13.7. The molecule has 0 saturated heterocycles. The Morgan fingerprint density at radius 1 is 1.03 bits per heavy atom. The lowest BCUT2D eigenvalue weighted by atomic mass is 10.1. The van der Waals surface area contributed by atoms with Crippen LogP contribution in [0.4, 0.5) is 0 Å². The van der Waals surface area contributed by atoms with E-state index in [1.54, 1.807) is 6.20 Å². The summed E-state index contributed by atoms with van der Waals surface area (Å²) in [7, 11) is -2.01. The summed E-state index contributed by atoms with van der Waals surface area (Å²) in [5.74, 6) is -0.179. The molecule has 3 rings (SSSR count). The van der Waals surface area contributed by atoms with Crippen molar-refractivity contribution < 1.29 is 9.22 Å². The molecule has 0 radical (unpaired) electrons. The summed E-state index contributed by atoms with van der Waals surface area (Å²) in [6.07, 6.45) is 1.48. The predicted molar refractivity (Wildman–Crippen MR) is 122 cm³/mol. The normalized spacial score (nSPS) is 13.3. The van der Waals surface area contributed by atoms with Crippen LogP contribution in [0.3, 0.4) is 0 Å². The van der Waals surface area contributed by atoms with E-state index < -0.39 is 8.32 Å². The van der Waals surface area contributed by atoms with Gasteiger partial charge in [-0.1, -0.05) is 75.4 Å². The molecule has 1 atom stereocenters. The monoisotopic (exact) mass is 406 g/mol. The molecule has 0 saturated carbocycles. The molecule has 0 aliphatic heterocycles. The standard InChI is InChI=1S/C24H30N2O2Si/c1-24(2,3)29(4,5)28-21(19-12-7-6-8-13-19)17-26-23(27)22-20-14-10-9-11-18(20)15-16-25-22/h6-16,21H,17H2,1-5H3,(H,26,27)/t21-/m0/s1. The van der Waals surface area contributed by atoms with Crippen LogP contribution in [0.2, 0.25) is 18.1 Å². The van der Waals surface area contributed by atoms with Gasteiger partial charge in [-0.15, -0.1) is 0 Å². The minimum atomic E-state index is -2.01. The molecule has 3 aromatic rings. The van der Waals surface area contributed by atoms with Gasteiger partial charge in [-0.05, 0) is 35.1 Å². The van der Waals surface area contributed by atoms with E-state index in [0.717, 1.165) is 16.3 Å². The molecule has 152 valence electrons. The number of fused-ring (bicyclic) bond motifs is 1. The number of carbonyl (C=O) groups is 1. The third kappa shape index (κ3) is 4.92. The number of aromatic nitrogens is 1. The third-order valence-corrected chi connectivity index (χ3v) is 10.2. The SMILES string of the molecule is CC(C)(C)[Si](C)(C)O[C@@H](CNC(=O)c1nccc2ccccc12)c1ccccc1. The second kappa shape index (κ2) is 8.47. The van der Waals surface area contributed by atoms with Gasteiger partial charge in [0, 0.05) is 18.1 Å². The van der Waals surface area contributed by atoms with E-state index in [1.165, 1.54) is 0 Å². The van der Waals surface area contributed by atoms with E-state index in [0.29, 0.717) is 12.2 Å². The van der Waals surface area contributed by atoms with E-state index in [4.69, 9.17) is 4.43 Å². The van der Waals surface area contributed by atoms with Crippen molar-refractivity contribution >= 4 is 25.0 Å². The Kier molecular flexibility index (Phi) is 6.20. The van der Waals surface area contributed by atoms with Gasteiger partial charge >= 0.3 is 0 Å². The summed E-state index contributed by atoms with van der Waals surface area (Å²) < 4.78 is 6.67. The Morgan fingerprint density at radius 2 is 1.69 bits per heavy atom. The molecule has 0 aliphatic rings. The number of hydrogen-bond acceptors (Lipinski definition) is 3. The van der Waals surface area contributed by atoms with Crippen LogP contribution < -0.4 is 5.32 Å². The van der Waals surface area contributed by atoms with Crippen molar-refractivity contribution in [1.82, 2.24) is 10.3 Å². The average molecular weight is 407 g/mol. The Hall–Kier alpha value is -2.50. The van der Waals surface area contributed by atoms with Crippen LogP contribution in [-0.2, 0) is 4.43 Å². The molecule has 4 nitrogen and oxygen atoms in total. The minimum Gasteiger partial charge on any atom is -0.408 e. The van der Waals surface area contributed by atoms with Crippen LogP contribution in [0.1, 0.15) is 42.9 Å². The Bertz CT molecular complexity index is 976. The van der Waals surface area contributed by atoms with E-state index >= 15 is 0 Å². The molecule has 0 spiro atoms. The highest BCUT2D eigenvalue weighted by Gasteiger charge is 2.39. The highest BCUT2D eigenvalue weighted by Crippen LogP contribution is 2.39. The van der Waals surface area contributed by atoms with Crippen molar-refractivity contribution in [2.24, 2.45) is 0 Å². The van der Waals surface area contributed by atoms with Gasteiger partial charge in [-0.2, -0.15) is 0 Å². The van der Waals surface area contributed by atoms with Crippen molar-refractivity contribution in [2.75, 3.05) is 6.54 Å². The summed E-state index contributed by atoms with van der Waals surface area (Å²) >= 11 is 0. The zero-order valence-corrected chi connectivity index (χ0v) is 18.9. The van der Waals surface area contributed by atoms with Gasteiger partial charge in [-0.25, -0.2) is 0 Å². The summed E-state index contributed by atoms with van der Waals surface area (Å²) in [6.45, 7) is 11.5. The topological polar surface area (TPSA) is 51.2 Å². The molecule has 1 amide bonds. The van der Waals surface area contributed by atoms with Gasteiger partial charge in [0.15, 0.2) is 8.32 Å².